The van der Waals surface area contributed by atoms with Crippen molar-refractivity contribution in [2.45, 2.75) is 56.9 Å². The summed E-state index contributed by atoms with van der Waals surface area (Å²) >= 11 is 0. The molecule has 1 fully saturated rings. The first-order valence-electron chi connectivity index (χ1n) is 10.8. The van der Waals surface area contributed by atoms with E-state index in [2.05, 4.69) is 5.32 Å². The lowest BCUT2D eigenvalue weighted by molar-refractivity contribution is -0.121. The summed E-state index contributed by atoms with van der Waals surface area (Å²) in [7, 11) is -1.98. The van der Waals surface area contributed by atoms with E-state index in [1.807, 2.05) is 38.1 Å². The number of aryl methyl sites for hydroxylation is 2. The van der Waals surface area contributed by atoms with Gasteiger partial charge in [-0.25, -0.2) is 8.42 Å². The lowest BCUT2D eigenvalue weighted by Crippen LogP contribution is -2.35. The molecule has 7 heteroatoms. The Balaban J connectivity index is 1.69. The summed E-state index contributed by atoms with van der Waals surface area (Å²) in [6.07, 6.45) is 3.50. The lowest BCUT2D eigenvalue weighted by atomic mass is 10.0. The van der Waals surface area contributed by atoms with E-state index >= 15 is 0 Å². The van der Waals surface area contributed by atoms with Crippen LogP contribution in [0.5, 0.6) is 5.75 Å². The van der Waals surface area contributed by atoms with Gasteiger partial charge in [-0.15, -0.1) is 0 Å². The minimum absolute atomic E-state index is 0.0814. The highest BCUT2D eigenvalue weighted by atomic mass is 32.2. The summed E-state index contributed by atoms with van der Waals surface area (Å²) in [5.74, 6) is 0.513. The number of sulfonamides is 1. The van der Waals surface area contributed by atoms with Gasteiger partial charge in [-0.1, -0.05) is 30.7 Å². The number of carbonyl (C=O) groups is 1. The first-order valence-corrected chi connectivity index (χ1v) is 12.3. The molecule has 1 N–H and O–H groups in total. The zero-order chi connectivity index (χ0) is 22.4. The summed E-state index contributed by atoms with van der Waals surface area (Å²) in [6, 6.07) is 12.8. The molecule has 0 aliphatic carbocycles. The van der Waals surface area contributed by atoms with E-state index in [0.29, 0.717) is 25.3 Å². The molecule has 6 nitrogen and oxygen atoms in total. The van der Waals surface area contributed by atoms with E-state index in [9.17, 15) is 13.2 Å². The Hall–Kier alpha value is -2.38. The average Bonchev–Trinajstić information content (AvgIpc) is 2.78. The van der Waals surface area contributed by atoms with Crippen LogP contribution < -0.4 is 10.1 Å². The molecule has 1 heterocycles. The quantitative estimate of drug-likeness (QED) is 0.668. The van der Waals surface area contributed by atoms with E-state index < -0.39 is 10.0 Å². The number of hydrogen-bond acceptors (Lipinski definition) is 4. The monoisotopic (exact) mass is 444 g/mol. The van der Waals surface area contributed by atoms with Crippen LogP contribution in [0.3, 0.4) is 0 Å². The Morgan fingerprint density at radius 1 is 1.13 bits per heavy atom. The number of methoxy groups -OCH3 is 1. The highest BCUT2D eigenvalue weighted by Gasteiger charge is 2.26. The van der Waals surface area contributed by atoms with Gasteiger partial charge in [0.2, 0.25) is 15.9 Å². The van der Waals surface area contributed by atoms with Crippen molar-refractivity contribution < 1.29 is 17.9 Å². The van der Waals surface area contributed by atoms with Gasteiger partial charge in [0, 0.05) is 19.5 Å². The molecule has 0 radical (unpaired) electrons. The third kappa shape index (κ3) is 5.66. The fourth-order valence-electron chi connectivity index (χ4n) is 4.08. The van der Waals surface area contributed by atoms with Gasteiger partial charge in [0.25, 0.3) is 0 Å². The molecule has 31 heavy (non-hydrogen) atoms. The van der Waals surface area contributed by atoms with Crippen molar-refractivity contribution in [1.82, 2.24) is 9.62 Å². The Kier molecular flexibility index (Phi) is 7.73. The maximum atomic E-state index is 13.0. The van der Waals surface area contributed by atoms with E-state index in [4.69, 9.17) is 4.74 Å². The smallest absolute Gasteiger partial charge is 0.243 e. The van der Waals surface area contributed by atoms with Gasteiger partial charge in [0.15, 0.2) is 0 Å². The number of hydrogen-bond donors (Lipinski definition) is 1. The van der Waals surface area contributed by atoms with Crippen LogP contribution in [0, 0.1) is 6.92 Å². The van der Waals surface area contributed by atoms with E-state index in [1.54, 1.807) is 29.6 Å². The minimum atomic E-state index is -3.53. The second-order valence-corrected chi connectivity index (χ2v) is 10.0. The molecule has 0 saturated carbocycles. The average molecular weight is 445 g/mol. The van der Waals surface area contributed by atoms with Crippen LogP contribution in [0.1, 0.15) is 55.3 Å². The van der Waals surface area contributed by atoms with E-state index in [-0.39, 0.29) is 23.3 Å². The summed E-state index contributed by atoms with van der Waals surface area (Å²) in [5, 5.41) is 3.04. The Bertz CT molecular complexity index is 1010. The largest absolute Gasteiger partial charge is 0.496 e. The number of nitrogens with one attached hydrogen (secondary N) is 1. The van der Waals surface area contributed by atoms with Crippen LogP contribution >= 0.6 is 0 Å². The first kappa shape index (κ1) is 23.3. The molecule has 1 aliphatic rings. The fraction of sp³-hybridized carbons (Fsp3) is 0.458. The molecule has 1 atom stereocenters. The van der Waals surface area contributed by atoms with Crippen molar-refractivity contribution in [3.8, 4) is 5.75 Å². The normalized spacial score (nSPS) is 16.0. The minimum Gasteiger partial charge on any atom is -0.496 e. The molecule has 0 spiro atoms. The molecule has 0 aromatic heterocycles. The second kappa shape index (κ2) is 10.3. The molecule has 1 aliphatic heterocycles. The number of piperidine rings is 1. The number of carbonyl (C=O) groups excluding carboxylic acids is 1. The molecular weight excluding hydrogens is 412 g/mol. The molecule has 168 valence electrons. The van der Waals surface area contributed by atoms with Crippen LogP contribution in [0.15, 0.2) is 47.4 Å². The highest BCUT2D eigenvalue weighted by Crippen LogP contribution is 2.27. The van der Waals surface area contributed by atoms with Gasteiger partial charge in [-0.2, -0.15) is 4.31 Å². The van der Waals surface area contributed by atoms with E-state index in [0.717, 1.165) is 36.0 Å². The molecule has 1 saturated heterocycles. The van der Waals surface area contributed by atoms with Gasteiger partial charge in [-0.05, 0) is 68.0 Å². The van der Waals surface area contributed by atoms with Crippen LogP contribution in [-0.4, -0.2) is 38.8 Å². The lowest BCUT2D eigenvalue weighted by Gasteiger charge is -2.26. The second-order valence-electron chi connectivity index (χ2n) is 8.08. The van der Waals surface area contributed by atoms with Crippen molar-refractivity contribution in [3.05, 3.63) is 59.2 Å². The number of ether oxygens (including phenoxy) is 1. The molecule has 2 aromatic rings. The number of amides is 1. The summed E-state index contributed by atoms with van der Waals surface area (Å²) in [4.78, 5) is 12.8. The molecular formula is C24H32N2O4S. The van der Waals surface area contributed by atoms with Crippen LogP contribution in [0.2, 0.25) is 0 Å². The van der Waals surface area contributed by atoms with Crippen molar-refractivity contribution in [1.29, 1.82) is 0 Å². The molecule has 1 amide bonds. The van der Waals surface area contributed by atoms with Crippen LogP contribution in [0.25, 0.3) is 0 Å². The predicted octanol–water partition coefficient (Wildman–Crippen LogP) is 3.99. The van der Waals surface area contributed by atoms with Gasteiger partial charge >= 0.3 is 0 Å². The topological polar surface area (TPSA) is 75.7 Å². The Morgan fingerprint density at radius 3 is 2.52 bits per heavy atom. The third-order valence-corrected chi connectivity index (χ3v) is 7.75. The third-order valence-electron chi connectivity index (χ3n) is 5.86. The zero-order valence-corrected chi connectivity index (χ0v) is 19.4. The Morgan fingerprint density at radius 2 is 1.84 bits per heavy atom. The van der Waals surface area contributed by atoms with Gasteiger partial charge in [0.05, 0.1) is 18.0 Å². The summed E-state index contributed by atoms with van der Waals surface area (Å²) in [5.41, 5.74) is 2.94. The van der Waals surface area contributed by atoms with Crippen molar-refractivity contribution in [2.75, 3.05) is 20.2 Å². The SMILES string of the molecule is COc1ccc(S(=O)(=O)N2CCCCC2)cc1CCC(=O)NC(C)c1ccccc1C. The number of rotatable bonds is 8. The standard InChI is InChI=1S/C24H32N2O4S/c1-18-9-5-6-10-22(18)19(2)25-24(27)14-11-20-17-21(12-13-23(20)30-3)31(28,29)26-15-7-4-8-16-26/h5-6,9-10,12-13,17,19H,4,7-8,11,14-16H2,1-3H3,(H,25,27). The fourth-order valence-corrected chi connectivity index (χ4v) is 5.65. The van der Waals surface area contributed by atoms with Gasteiger partial charge in [-0.3, -0.25) is 4.79 Å². The van der Waals surface area contributed by atoms with Gasteiger partial charge < -0.3 is 10.1 Å². The molecule has 3 rings (SSSR count). The Labute approximate surface area is 185 Å². The summed E-state index contributed by atoms with van der Waals surface area (Å²) in [6.45, 7) is 5.11. The first-order chi connectivity index (χ1) is 14.8. The highest BCUT2D eigenvalue weighted by molar-refractivity contribution is 7.89. The van der Waals surface area contributed by atoms with Crippen LogP contribution in [0.4, 0.5) is 0 Å². The van der Waals surface area contributed by atoms with Gasteiger partial charge in [0.1, 0.15) is 5.75 Å². The predicted molar refractivity (Wildman–Crippen MR) is 122 cm³/mol. The maximum Gasteiger partial charge on any atom is 0.243 e. The van der Waals surface area contributed by atoms with Crippen molar-refractivity contribution in [2.24, 2.45) is 0 Å². The molecule has 1 unspecified atom stereocenters. The van der Waals surface area contributed by atoms with Crippen LogP contribution in [-0.2, 0) is 21.2 Å². The number of nitrogens with zero attached hydrogens (tertiary/aromatic N) is 1. The molecule has 0 bridgehead atoms. The van der Waals surface area contributed by atoms with Crippen molar-refractivity contribution >= 4 is 15.9 Å². The maximum absolute atomic E-state index is 13.0. The van der Waals surface area contributed by atoms with Crippen molar-refractivity contribution in [3.63, 3.8) is 0 Å². The molecule has 2 aromatic carbocycles. The number of benzene rings is 2. The zero-order valence-electron chi connectivity index (χ0n) is 18.6. The summed E-state index contributed by atoms with van der Waals surface area (Å²) < 4.78 is 33.0. The van der Waals surface area contributed by atoms with E-state index in [1.165, 1.54) is 0 Å².